The fourth-order valence-electron chi connectivity index (χ4n) is 3.32. The van der Waals surface area contributed by atoms with Gasteiger partial charge in [0.15, 0.2) is 11.5 Å². The fraction of sp³-hybridized carbons (Fsp3) is 0.280. The third-order valence-electron chi connectivity index (χ3n) is 4.90. The van der Waals surface area contributed by atoms with E-state index in [9.17, 15) is 9.59 Å². The Labute approximate surface area is 213 Å². The van der Waals surface area contributed by atoms with E-state index in [4.69, 9.17) is 37.4 Å². The van der Waals surface area contributed by atoms with Gasteiger partial charge in [-0.3, -0.25) is 14.5 Å². The van der Waals surface area contributed by atoms with Gasteiger partial charge >= 0.3 is 0 Å². The summed E-state index contributed by atoms with van der Waals surface area (Å²) in [6, 6.07) is 8.91. The van der Waals surface area contributed by atoms with Crippen molar-refractivity contribution in [3.63, 3.8) is 0 Å². The molecule has 0 radical (unpaired) electrons. The minimum absolute atomic E-state index is 0.213. The molecule has 0 aliphatic carbocycles. The van der Waals surface area contributed by atoms with E-state index < -0.39 is 0 Å². The predicted octanol–water partition coefficient (Wildman–Crippen LogP) is 6.38. The van der Waals surface area contributed by atoms with Gasteiger partial charge in [-0.05, 0) is 61.0 Å². The van der Waals surface area contributed by atoms with Gasteiger partial charge in [0, 0.05) is 28.3 Å². The van der Waals surface area contributed by atoms with Gasteiger partial charge < -0.3 is 14.2 Å². The summed E-state index contributed by atoms with van der Waals surface area (Å²) in [5.41, 5.74) is 2.33. The van der Waals surface area contributed by atoms with Gasteiger partial charge in [-0.1, -0.05) is 35.3 Å². The number of carbonyl (C=O) groups excluding carboxylic acids is 2. The van der Waals surface area contributed by atoms with Gasteiger partial charge in [0.1, 0.15) is 6.61 Å². The molecule has 0 spiro atoms. The summed E-state index contributed by atoms with van der Waals surface area (Å²) in [4.78, 5) is 26.5. The largest absolute Gasteiger partial charge is 0.490 e. The van der Waals surface area contributed by atoms with Gasteiger partial charge in [-0.15, -0.1) is 6.58 Å². The molecule has 0 saturated carbocycles. The first kappa shape index (κ1) is 26.2. The highest BCUT2D eigenvalue weighted by Gasteiger charge is 2.34. The van der Waals surface area contributed by atoms with Gasteiger partial charge in [-0.2, -0.15) is 0 Å². The lowest BCUT2D eigenvalue weighted by molar-refractivity contribution is -0.123. The highest BCUT2D eigenvalue weighted by atomic mass is 35.5. The fourth-order valence-corrected chi connectivity index (χ4v) is 4.64. The number of benzene rings is 2. The molecule has 0 aromatic heterocycles. The summed E-state index contributed by atoms with van der Waals surface area (Å²) in [5, 5.41) is 0.744. The molecular formula is C25H25Cl2NO5S. The average Bonchev–Trinajstić information content (AvgIpc) is 3.05. The van der Waals surface area contributed by atoms with Crippen LogP contribution in [-0.4, -0.2) is 42.9 Å². The molecule has 6 nitrogen and oxygen atoms in total. The van der Waals surface area contributed by atoms with Crippen LogP contribution in [0, 0.1) is 0 Å². The molecule has 0 bridgehead atoms. The lowest BCUT2D eigenvalue weighted by Crippen LogP contribution is -2.31. The van der Waals surface area contributed by atoms with Gasteiger partial charge in [0.25, 0.3) is 11.1 Å². The van der Waals surface area contributed by atoms with Crippen LogP contribution in [0.1, 0.15) is 23.6 Å². The molecule has 2 aromatic carbocycles. The maximum Gasteiger partial charge on any atom is 0.293 e. The minimum atomic E-state index is -0.340. The van der Waals surface area contributed by atoms with Crippen molar-refractivity contribution in [2.75, 3.05) is 26.9 Å². The molecule has 0 N–H and O–H groups in total. The Morgan fingerprint density at radius 1 is 1.12 bits per heavy atom. The molecule has 1 aliphatic rings. The van der Waals surface area contributed by atoms with Crippen LogP contribution in [0.15, 0.2) is 47.9 Å². The van der Waals surface area contributed by atoms with E-state index in [1.165, 1.54) is 12.0 Å². The summed E-state index contributed by atoms with van der Waals surface area (Å²) in [5.74, 6) is 0.753. The summed E-state index contributed by atoms with van der Waals surface area (Å²) in [6.07, 6.45) is 3.96. The second kappa shape index (κ2) is 12.3. The Balaban J connectivity index is 1.93. The maximum atomic E-state index is 12.7. The number of ether oxygens (including phenoxy) is 3. The topological polar surface area (TPSA) is 65.1 Å². The van der Waals surface area contributed by atoms with Crippen molar-refractivity contribution in [2.45, 2.75) is 20.0 Å². The molecule has 1 saturated heterocycles. The number of methoxy groups -OCH3 is 1. The first-order valence-corrected chi connectivity index (χ1v) is 12.2. The molecular weight excluding hydrogens is 497 g/mol. The highest BCUT2D eigenvalue weighted by Crippen LogP contribution is 2.38. The summed E-state index contributed by atoms with van der Waals surface area (Å²) >= 11 is 13.2. The van der Waals surface area contributed by atoms with Crippen molar-refractivity contribution in [1.29, 1.82) is 0 Å². The third kappa shape index (κ3) is 6.36. The Bertz CT molecular complexity index is 1120. The Hall–Kier alpha value is -2.45. The number of halogens is 2. The molecule has 9 heteroatoms. The van der Waals surface area contributed by atoms with Crippen molar-refractivity contribution < 1.29 is 23.8 Å². The SMILES string of the molecule is C=CCc1cc(/C=C2/SC(=O)N(CCOC)C2=O)cc(OCC)c1OCc1ccc(Cl)cc1Cl. The molecule has 1 heterocycles. The number of allylic oxidation sites excluding steroid dienone is 1. The molecule has 1 aliphatic heterocycles. The molecule has 0 unspecified atom stereocenters. The zero-order chi connectivity index (χ0) is 24.7. The van der Waals surface area contributed by atoms with Crippen LogP contribution >= 0.6 is 35.0 Å². The Morgan fingerprint density at radius 3 is 2.59 bits per heavy atom. The molecule has 180 valence electrons. The van der Waals surface area contributed by atoms with Gasteiger partial charge in [0.05, 0.1) is 24.7 Å². The van der Waals surface area contributed by atoms with E-state index >= 15 is 0 Å². The zero-order valence-corrected chi connectivity index (χ0v) is 21.3. The zero-order valence-electron chi connectivity index (χ0n) is 18.9. The first-order valence-electron chi connectivity index (χ1n) is 10.6. The van der Waals surface area contributed by atoms with Crippen molar-refractivity contribution in [2.24, 2.45) is 0 Å². The second-order valence-electron chi connectivity index (χ2n) is 7.28. The number of imide groups is 1. The monoisotopic (exact) mass is 521 g/mol. The molecule has 2 amide bonds. The molecule has 0 atom stereocenters. The summed E-state index contributed by atoms with van der Waals surface area (Å²) < 4.78 is 17.0. The van der Waals surface area contributed by atoms with Crippen LogP contribution in [-0.2, 0) is 22.6 Å². The maximum absolute atomic E-state index is 12.7. The molecule has 3 rings (SSSR count). The van der Waals surface area contributed by atoms with Crippen molar-refractivity contribution >= 4 is 52.2 Å². The van der Waals surface area contributed by atoms with E-state index in [0.717, 1.165) is 28.5 Å². The second-order valence-corrected chi connectivity index (χ2v) is 9.12. The van der Waals surface area contributed by atoms with E-state index in [0.29, 0.717) is 39.5 Å². The van der Waals surface area contributed by atoms with Crippen LogP contribution in [0.3, 0.4) is 0 Å². The minimum Gasteiger partial charge on any atom is -0.490 e. The van der Waals surface area contributed by atoms with Crippen LogP contribution in [0.2, 0.25) is 10.0 Å². The highest BCUT2D eigenvalue weighted by molar-refractivity contribution is 8.18. The third-order valence-corrected chi connectivity index (χ3v) is 6.39. The van der Waals surface area contributed by atoms with Crippen LogP contribution in [0.5, 0.6) is 11.5 Å². The lowest BCUT2D eigenvalue weighted by Gasteiger charge is -2.17. The van der Waals surface area contributed by atoms with Gasteiger partial charge in [-0.25, -0.2) is 0 Å². The number of nitrogens with zero attached hydrogens (tertiary/aromatic N) is 1. The number of hydrogen-bond acceptors (Lipinski definition) is 6. The normalized spacial score (nSPS) is 14.7. The number of amides is 2. The molecule has 2 aromatic rings. The van der Waals surface area contributed by atoms with Crippen molar-refractivity contribution in [1.82, 2.24) is 4.90 Å². The number of hydrogen-bond donors (Lipinski definition) is 0. The lowest BCUT2D eigenvalue weighted by atomic mass is 10.0. The number of rotatable bonds is 11. The first-order chi connectivity index (χ1) is 16.4. The van der Waals surface area contributed by atoms with Gasteiger partial charge in [0.2, 0.25) is 0 Å². The average molecular weight is 522 g/mol. The predicted molar refractivity (Wildman–Crippen MR) is 137 cm³/mol. The Kier molecular flexibility index (Phi) is 9.47. The van der Waals surface area contributed by atoms with Crippen LogP contribution in [0.25, 0.3) is 6.08 Å². The van der Waals surface area contributed by atoms with Crippen molar-refractivity contribution in [3.8, 4) is 11.5 Å². The van der Waals surface area contributed by atoms with E-state index in [1.807, 2.05) is 19.1 Å². The molecule has 1 fully saturated rings. The van der Waals surface area contributed by atoms with Crippen LogP contribution in [0.4, 0.5) is 4.79 Å². The molecule has 34 heavy (non-hydrogen) atoms. The van der Waals surface area contributed by atoms with E-state index in [1.54, 1.807) is 30.4 Å². The van der Waals surface area contributed by atoms with Crippen LogP contribution < -0.4 is 9.47 Å². The number of thioether (sulfide) groups is 1. The standard InChI is InChI=1S/C25H25Cl2NO5S/c1-4-6-17-11-16(13-22-24(29)28(9-10-31-3)25(30)34-22)12-21(32-5-2)23(17)33-15-18-7-8-19(26)14-20(18)27/h4,7-8,11-14H,1,5-6,9-10,15H2,2-3H3/b22-13+. The quantitative estimate of drug-likeness (QED) is 0.252. The summed E-state index contributed by atoms with van der Waals surface area (Å²) in [7, 11) is 1.52. The van der Waals surface area contributed by atoms with E-state index in [-0.39, 0.29) is 30.9 Å². The Morgan fingerprint density at radius 2 is 1.91 bits per heavy atom. The smallest absolute Gasteiger partial charge is 0.293 e. The van der Waals surface area contributed by atoms with E-state index in [2.05, 4.69) is 6.58 Å². The summed E-state index contributed by atoms with van der Waals surface area (Å²) in [6.45, 7) is 6.85. The number of carbonyl (C=O) groups is 2. The van der Waals surface area contributed by atoms with Crippen molar-refractivity contribution in [3.05, 3.63) is 74.6 Å².